The van der Waals surface area contributed by atoms with Gasteiger partial charge in [-0.25, -0.2) is 4.98 Å². The molecule has 0 aliphatic heterocycles. The van der Waals surface area contributed by atoms with Crippen molar-refractivity contribution in [3.8, 4) is 0 Å². The van der Waals surface area contributed by atoms with E-state index in [2.05, 4.69) is 10.3 Å². The van der Waals surface area contributed by atoms with Crippen molar-refractivity contribution in [1.29, 1.82) is 0 Å². The number of aryl methyl sites for hydroxylation is 1. The van der Waals surface area contributed by atoms with Crippen LogP contribution in [0.5, 0.6) is 0 Å². The van der Waals surface area contributed by atoms with Gasteiger partial charge < -0.3 is 11.1 Å². The third-order valence-corrected chi connectivity index (χ3v) is 2.93. The highest BCUT2D eigenvalue weighted by Gasteiger charge is 2.07. The van der Waals surface area contributed by atoms with Gasteiger partial charge in [-0.3, -0.25) is 4.79 Å². The first kappa shape index (κ1) is 12.1. The smallest absolute Gasteiger partial charge is 0.221 e. The van der Waals surface area contributed by atoms with E-state index in [1.165, 1.54) is 0 Å². The van der Waals surface area contributed by atoms with Gasteiger partial charge in [-0.1, -0.05) is 6.92 Å². The minimum Gasteiger partial charge on any atom is -0.350 e. The van der Waals surface area contributed by atoms with Crippen molar-refractivity contribution < 1.29 is 4.79 Å². The summed E-state index contributed by atoms with van der Waals surface area (Å²) in [6, 6.07) is -0.0397. The van der Waals surface area contributed by atoms with Crippen molar-refractivity contribution in [2.75, 3.05) is 0 Å². The number of carbonyl (C=O) groups is 1. The number of aromatic nitrogens is 1. The second-order valence-electron chi connectivity index (χ2n) is 3.51. The number of nitrogens with zero attached hydrogens (tertiary/aromatic N) is 1. The summed E-state index contributed by atoms with van der Waals surface area (Å²) in [6.07, 6.45) is 1.21. The van der Waals surface area contributed by atoms with Gasteiger partial charge >= 0.3 is 0 Å². The van der Waals surface area contributed by atoms with E-state index in [-0.39, 0.29) is 11.9 Å². The SMILES string of the molecule is CCC(N)CC(=O)NCc1csc(C)n1. The molecule has 3 N–H and O–H groups in total. The lowest BCUT2D eigenvalue weighted by Gasteiger charge is -2.08. The lowest BCUT2D eigenvalue weighted by molar-refractivity contribution is -0.121. The summed E-state index contributed by atoms with van der Waals surface area (Å²) in [5.74, 6) is -0.00463. The molecule has 84 valence electrons. The van der Waals surface area contributed by atoms with Gasteiger partial charge in [0, 0.05) is 17.8 Å². The number of hydrogen-bond acceptors (Lipinski definition) is 4. The minimum absolute atomic E-state index is 0.00463. The maximum Gasteiger partial charge on any atom is 0.221 e. The first-order chi connectivity index (χ1) is 7.11. The largest absolute Gasteiger partial charge is 0.350 e. The van der Waals surface area contributed by atoms with Crippen LogP contribution >= 0.6 is 11.3 Å². The molecule has 0 radical (unpaired) electrons. The Kier molecular flexibility index (Phi) is 4.71. The Morgan fingerprint density at radius 2 is 2.47 bits per heavy atom. The molecular weight excluding hydrogens is 210 g/mol. The third-order valence-electron chi connectivity index (χ3n) is 2.11. The number of thiazole rings is 1. The summed E-state index contributed by atoms with van der Waals surface area (Å²) >= 11 is 1.59. The van der Waals surface area contributed by atoms with E-state index in [1.807, 2.05) is 19.2 Å². The molecule has 1 aromatic heterocycles. The number of carbonyl (C=O) groups excluding carboxylic acids is 1. The summed E-state index contributed by atoms with van der Waals surface area (Å²) in [6.45, 7) is 4.42. The monoisotopic (exact) mass is 227 g/mol. The van der Waals surface area contributed by atoms with Crippen molar-refractivity contribution in [3.63, 3.8) is 0 Å². The second kappa shape index (κ2) is 5.82. The molecule has 0 aliphatic rings. The highest BCUT2D eigenvalue weighted by molar-refractivity contribution is 7.09. The number of nitrogens with one attached hydrogen (secondary N) is 1. The molecule has 0 spiro atoms. The molecule has 0 fully saturated rings. The van der Waals surface area contributed by atoms with Crippen molar-refractivity contribution in [3.05, 3.63) is 16.1 Å². The van der Waals surface area contributed by atoms with E-state index >= 15 is 0 Å². The first-order valence-electron chi connectivity index (χ1n) is 5.05. The lowest BCUT2D eigenvalue weighted by atomic mass is 10.1. The maximum absolute atomic E-state index is 11.4. The number of nitrogens with two attached hydrogens (primary N) is 1. The van der Waals surface area contributed by atoms with E-state index in [0.717, 1.165) is 17.1 Å². The third kappa shape index (κ3) is 4.40. The Labute approximate surface area is 93.9 Å². The van der Waals surface area contributed by atoms with E-state index in [1.54, 1.807) is 11.3 Å². The molecule has 1 atom stereocenters. The van der Waals surface area contributed by atoms with Crippen molar-refractivity contribution in [1.82, 2.24) is 10.3 Å². The van der Waals surface area contributed by atoms with Gasteiger partial charge in [0.1, 0.15) is 0 Å². The minimum atomic E-state index is -0.0397. The van der Waals surface area contributed by atoms with Crippen molar-refractivity contribution in [2.24, 2.45) is 5.73 Å². The van der Waals surface area contributed by atoms with Crippen molar-refractivity contribution in [2.45, 2.75) is 39.3 Å². The molecule has 1 aromatic rings. The zero-order chi connectivity index (χ0) is 11.3. The Bertz CT molecular complexity index is 324. The van der Waals surface area contributed by atoms with Crippen LogP contribution in [0.4, 0.5) is 0 Å². The van der Waals surface area contributed by atoms with Gasteiger partial charge in [-0.05, 0) is 13.3 Å². The second-order valence-corrected chi connectivity index (χ2v) is 4.57. The Morgan fingerprint density at radius 1 is 1.73 bits per heavy atom. The van der Waals surface area contributed by atoms with Gasteiger partial charge in [0.25, 0.3) is 0 Å². The highest BCUT2D eigenvalue weighted by Crippen LogP contribution is 2.07. The van der Waals surface area contributed by atoms with E-state index in [9.17, 15) is 4.79 Å². The standard InChI is InChI=1S/C10H17N3OS/c1-3-8(11)4-10(14)12-5-9-6-15-7(2)13-9/h6,8H,3-5,11H2,1-2H3,(H,12,14). The van der Waals surface area contributed by atoms with Gasteiger partial charge in [-0.2, -0.15) is 0 Å². The molecule has 0 aliphatic carbocycles. The Balaban J connectivity index is 2.28. The quantitative estimate of drug-likeness (QED) is 0.794. The summed E-state index contributed by atoms with van der Waals surface area (Å²) in [5.41, 5.74) is 6.59. The van der Waals surface area contributed by atoms with Crippen LogP contribution in [0.25, 0.3) is 0 Å². The molecule has 1 heterocycles. The molecule has 15 heavy (non-hydrogen) atoms. The van der Waals surface area contributed by atoms with Gasteiger partial charge in [0.15, 0.2) is 0 Å². The predicted molar refractivity (Wildman–Crippen MR) is 61.6 cm³/mol. The molecule has 0 saturated carbocycles. The molecule has 1 rings (SSSR count). The van der Waals surface area contributed by atoms with E-state index < -0.39 is 0 Å². The predicted octanol–water partition coefficient (Wildman–Crippen LogP) is 1.20. The van der Waals surface area contributed by atoms with Crippen LogP contribution in [-0.2, 0) is 11.3 Å². The van der Waals surface area contributed by atoms with Crippen LogP contribution in [-0.4, -0.2) is 16.9 Å². The molecule has 5 heteroatoms. The zero-order valence-electron chi connectivity index (χ0n) is 9.12. The van der Waals surface area contributed by atoms with Gasteiger partial charge in [0.2, 0.25) is 5.91 Å². The van der Waals surface area contributed by atoms with Gasteiger partial charge in [-0.15, -0.1) is 11.3 Å². The summed E-state index contributed by atoms with van der Waals surface area (Å²) < 4.78 is 0. The topological polar surface area (TPSA) is 68.0 Å². The average molecular weight is 227 g/mol. The first-order valence-corrected chi connectivity index (χ1v) is 5.93. The van der Waals surface area contributed by atoms with E-state index in [4.69, 9.17) is 5.73 Å². The summed E-state index contributed by atoms with van der Waals surface area (Å²) in [7, 11) is 0. The Morgan fingerprint density at radius 3 is 3.00 bits per heavy atom. The maximum atomic E-state index is 11.4. The molecular formula is C10H17N3OS. The number of amides is 1. The fourth-order valence-corrected chi connectivity index (χ4v) is 1.75. The molecule has 0 saturated heterocycles. The summed E-state index contributed by atoms with van der Waals surface area (Å²) in [4.78, 5) is 15.6. The van der Waals surface area contributed by atoms with Gasteiger partial charge in [0.05, 0.1) is 17.2 Å². The molecule has 0 bridgehead atoms. The van der Waals surface area contributed by atoms with Crippen LogP contribution in [0.15, 0.2) is 5.38 Å². The molecule has 1 amide bonds. The fraction of sp³-hybridized carbons (Fsp3) is 0.600. The normalized spacial score (nSPS) is 12.5. The molecule has 0 aromatic carbocycles. The summed E-state index contributed by atoms with van der Waals surface area (Å²) in [5, 5.41) is 5.77. The van der Waals surface area contributed by atoms with Crippen molar-refractivity contribution >= 4 is 17.2 Å². The number of rotatable bonds is 5. The van der Waals surface area contributed by atoms with Crippen LogP contribution in [0, 0.1) is 6.92 Å². The van der Waals surface area contributed by atoms with Crippen LogP contribution in [0.3, 0.4) is 0 Å². The average Bonchev–Trinajstić information content (AvgIpc) is 2.61. The lowest BCUT2D eigenvalue weighted by Crippen LogP contribution is -2.30. The zero-order valence-corrected chi connectivity index (χ0v) is 9.93. The van der Waals surface area contributed by atoms with Crippen LogP contribution < -0.4 is 11.1 Å². The van der Waals surface area contributed by atoms with Crippen LogP contribution in [0.1, 0.15) is 30.5 Å². The number of hydrogen-bond donors (Lipinski definition) is 2. The molecule has 4 nitrogen and oxygen atoms in total. The van der Waals surface area contributed by atoms with Crippen LogP contribution in [0.2, 0.25) is 0 Å². The highest BCUT2D eigenvalue weighted by atomic mass is 32.1. The van der Waals surface area contributed by atoms with E-state index in [0.29, 0.717) is 13.0 Å². The Hall–Kier alpha value is -0.940. The molecule has 1 unspecified atom stereocenters. The fourth-order valence-electron chi connectivity index (χ4n) is 1.13.